The van der Waals surface area contributed by atoms with Crippen LogP contribution in [-0.4, -0.2) is 29.6 Å². The fraction of sp³-hybridized carbons (Fsp3) is 0.238. The molecule has 0 unspecified atom stereocenters. The van der Waals surface area contributed by atoms with Crippen molar-refractivity contribution in [3.8, 4) is 0 Å². The number of halogens is 1. The maximum atomic E-state index is 12.5. The lowest BCUT2D eigenvalue weighted by Crippen LogP contribution is -2.36. The van der Waals surface area contributed by atoms with Gasteiger partial charge >= 0.3 is 5.97 Å². The molecular weight excluding hydrogens is 408 g/mol. The number of carbonyl (C=O) groups is 2. The van der Waals surface area contributed by atoms with E-state index in [2.05, 4.69) is 21.2 Å². The summed E-state index contributed by atoms with van der Waals surface area (Å²) in [4.78, 5) is 24.5. The van der Waals surface area contributed by atoms with Crippen molar-refractivity contribution in [2.45, 2.75) is 25.9 Å². The molecule has 0 saturated heterocycles. The smallest absolute Gasteiger partial charge is 0.340 e. The normalized spacial score (nSPS) is 12.0. The zero-order valence-corrected chi connectivity index (χ0v) is 16.8. The number of amides is 1. The molecule has 1 atom stereocenters. The SMILES string of the molecule is COC(=O)c1cn(CC(=O)N[C@H](C)Cc2ccc(Br)cc2)c2ccccc12. The highest BCUT2D eigenvalue weighted by atomic mass is 79.9. The van der Waals surface area contributed by atoms with Crippen molar-refractivity contribution in [1.29, 1.82) is 0 Å². The van der Waals surface area contributed by atoms with Gasteiger partial charge in [0.05, 0.1) is 12.7 Å². The Morgan fingerprint density at radius 2 is 1.85 bits per heavy atom. The van der Waals surface area contributed by atoms with Crippen LogP contribution in [0.3, 0.4) is 0 Å². The fourth-order valence-corrected chi connectivity index (χ4v) is 3.41. The topological polar surface area (TPSA) is 60.3 Å². The molecule has 0 aliphatic carbocycles. The van der Waals surface area contributed by atoms with Gasteiger partial charge in [-0.05, 0) is 37.1 Å². The Balaban J connectivity index is 1.70. The summed E-state index contributed by atoms with van der Waals surface area (Å²) in [5, 5.41) is 3.80. The predicted molar refractivity (Wildman–Crippen MR) is 109 cm³/mol. The van der Waals surface area contributed by atoms with Crippen molar-refractivity contribution in [3.63, 3.8) is 0 Å². The van der Waals surface area contributed by atoms with Gasteiger partial charge in [0, 0.05) is 27.6 Å². The second-order valence-corrected chi connectivity index (χ2v) is 7.39. The number of nitrogens with one attached hydrogen (secondary N) is 1. The first-order valence-electron chi connectivity index (χ1n) is 8.68. The lowest BCUT2D eigenvalue weighted by Gasteiger charge is -2.15. The van der Waals surface area contributed by atoms with Gasteiger partial charge in [0.15, 0.2) is 0 Å². The van der Waals surface area contributed by atoms with E-state index >= 15 is 0 Å². The summed E-state index contributed by atoms with van der Waals surface area (Å²) in [6, 6.07) is 15.5. The van der Waals surface area contributed by atoms with E-state index in [-0.39, 0.29) is 18.5 Å². The highest BCUT2D eigenvalue weighted by Gasteiger charge is 2.17. The highest BCUT2D eigenvalue weighted by molar-refractivity contribution is 9.10. The van der Waals surface area contributed by atoms with E-state index < -0.39 is 5.97 Å². The van der Waals surface area contributed by atoms with E-state index in [0.29, 0.717) is 5.56 Å². The average Bonchev–Trinajstić information content (AvgIpc) is 3.01. The van der Waals surface area contributed by atoms with Gasteiger partial charge in [-0.2, -0.15) is 0 Å². The van der Waals surface area contributed by atoms with Gasteiger partial charge in [-0.3, -0.25) is 4.79 Å². The van der Waals surface area contributed by atoms with Gasteiger partial charge in [0.2, 0.25) is 5.91 Å². The second kappa shape index (κ2) is 8.39. The van der Waals surface area contributed by atoms with Crippen molar-refractivity contribution in [3.05, 3.63) is 70.3 Å². The van der Waals surface area contributed by atoms with Crippen molar-refractivity contribution < 1.29 is 14.3 Å². The zero-order chi connectivity index (χ0) is 19.4. The molecule has 0 aliphatic heterocycles. The van der Waals surface area contributed by atoms with Crippen molar-refractivity contribution in [2.24, 2.45) is 0 Å². The van der Waals surface area contributed by atoms with Crippen LogP contribution in [0.25, 0.3) is 10.9 Å². The maximum Gasteiger partial charge on any atom is 0.340 e. The van der Waals surface area contributed by atoms with Gasteiger partial charge in [-0.15, -0.1) is 0 Å². The number of aromatic nitrogens is 1. The van der Waals surface area contributed by atoms with Crippen LogP contribution in [0.2, 0.25) is 0 Å². The number of esters is 1. The van der Waals surface area contributed by atoms with Crippen LogP contribution >= 0.6 is 15.9 Å². The van der Waals surface area contributed by atoms with Crippen LogP contribution in [-0.2, 0) is 22.5 Å². The largest absolute Gasteiger partial charge is 0.465 e. The number of carbonyl (C=O) groups excluding carboxylic acids is 2. The van der Waals surface area contributed by atoms with E-state index in [1.54, 1.807) is 10.8 Å². The molecule has 1 heterocycles. The van der Waals surface area contributed by atoms with Crippen LogP contribution < -0.4 is 5.32 Å². The van der Waals surface area contributed by atoms with Gasteiger partial charge in [0.1, 0.15) is 6.54 Å². The Kier molecular flexibility index (Phi) is 5.96. The molecule has 3 aromatic rings. The van der Waals surface area contributed by atoms with Gasteiger partial charge in [-0.25, -0.2) is 4.79 Å². The molecule has 0 fully saturated rings. The third kappa shape index (κ3) is 4.57. The Hall–Kier alpha value is -2.60. The number of benzene rings is 2. The van der Waals surface area contributed by atoms with E-state index in [0.717, 1.165) is 27.4 Å². The third-order valence-corrected chi connectivity index (χ3v) is 4.90. The first-order chi connectivity index (χ1) is 13.0. The summed E-state index contributed by atoms with van der Waals surface area (Å²) in [7, 11) is 1.35. The van der Waals surface area contributed by atoms with Crippen LogP contribution in [0.1, 0.15) is 22.8 Å². The molecule has 0 bridgehead atoms. The molecule has 3 rings (SSSR count). The highest BCUT2D eigenvalue weighted by Crippen LogP contribution is 2.22. The van der Waals surface area contributed by atoms with Crippen molar-refractivity contribution in [2.75, 3.05) is 7.11 Å². The summed E-state index contributed by atoms with van der Waals surface area (Å²) < 4.78 is 7.66. The number of rotatable bonds is 6. The Morgan fingerprint density at radius 3 is 2.56 bits per heavy atom. The minimum atomic E-state index is -0.408. The number of fused-ring (bicyclic) bond motifs is 1. The van der Waals surface area contributed by atoms with Crippen molar-refractivity contribution in [1.82, 2.24) is 9.88 Å². The van der Waals surface area contributed by atoms with Crippen molar-refractivity contribution >= 4 is 38.7 Å². The monoisotopic (exact) mass is 428 g/mol. The van der Waals surface area contributed by atoms with E-state index in [1.807, 2.05) is 55.5 Å². The summed E-state index contributed by atoms with van der Waals surface area (Å²) >= 11 is 3.42. The molecule has 0 spiro atoms. The molecule has 1 aromatic heterocycles. The minimum Gasteiger partial charge on any atom is -0.465 e. The molecule has 0 aliphatic rings. The summed E-state index contributed by atoms with van der Waals surface area (Å²) in [5.74, 6) is -0.509. The van der Waals surface area contributed by atoms with Crippen LogP contribution in [0, 0.1) is 0 Å². The predicted octanol–water partition coefficient (Wildman–Crippen LogP) is 3.94. The second-order valence-electron chi connectivity index (χ2n) is 6.48. The number of hydrogen-bond donors (Lipinski definition) is 1. The summed E-state index contributed by atoms with van der Waals surface area (Å²) in [6.45, 7) is 2.12. The standard InChI is InChI=1S/C21H21BrN2O3/c1-14(11-15-7-9-16(22)10-8-15)23-20(25)13-24-12-18(21(26)27-2)17-5-3-4-6-19(17)24/h3-10,12,14H,11,13H2,1-2H3,(H,23,25)/t14-/m1/s1. The fourth-order valence-electron chi connectivity index (χ4n) is 3.15. The van der Waals surface area contributed by atoms with E-state index in [4.69, 9.17) is 4.74 Å². The molecule has 0 saturated carbocycles. The summed E-state index contributed by atoms with van der Waals surface area (Å²) in [5.41, 5.74) is 2.45. The number of ether oxygens (including phenoxy) is 1. The molecule has 5 nitrogen and oxygen atoms in total. The lowest BCUT2D eigenvalue weighted by atomic mass is 10.1. The number of para-hydroxylation sites is 1. The average molecular weight is 429 g/mol. The molecule has 6 heteroatoms. The molecule has 1 amide bonds. The van der Waals surface area contributed by atoms with Crippen LogP contribution in [0.15, 0.2) is 59.2 Å². The van der Waals surface area contributed by atoms with Gasteiger partial charge < -0.3 is 14.6 Å². The molecule has 27 heavy (non-hydrogen) atoms. The number of nitrogens with zero attached hydrogens (tertiary/aromatic N) is 1. The Bertz CT molecular complexity index is 963. The van der Waals surface area contributed by atoms with Gasteiger partial charge in [-0.1, -0.05) is 46.3 Å². The first kappa shape index (κ1) is 19.2. The first-order valence-corrected chi connectivity index (χ1v) is 9.47. The Labute approximate surface area is 166 Å². The Morgan fingerprint density at radius 1 is 1.15 bits per heavy atom. The van der Waals surface area contributed by atoms with E-state index in [9.17, 15) is 9.59 Å². The number of hydrogen-bond acceptors (Lipinski definition) is 3. The van der Waals surface area contributed by atoms with Crippen LogP contribution in [0.4, 0.5) is 0 Å². The lowest BCUT2D eigenvalue weighted by molar-refractivity contribution is -0.122. The molecule has 1 N–H and O–H groups in total. The minimum absolute atomic E-state index is 0.000537. The quantitative estimate of drug-likeness (QED) is 0.604. The zero-order valence-electron chi connectivity index (χ0n) is 15.2. The third-order valence-electron chi connectivity index (χ3n) is 4.37. The van der Waals surface area contributed by atoms with Crippen LogP contribution in [0.5, 0.6) is 0 Å². The molecule has 140 valence electrons. The summed E-state index contributed by atoms with van der Waals surface area (Å²) in [6.07, 6.45) is 2.42. The molecule has 0 radical (unpaired) electrons. The molecular formula is C21H21BrN2O3. The maximum absolute atomic E-state index is 12.5. The molecule has 2 aromatic carbocycles. The van der Waals surface area contributed by atoms with Gasteiger partial charge in [0.25, 0.3) is 0 Å². The van der Waals surface area contributed by atoms with E-state index in [1.165, 1.54) is 7.11 Å². The number of methoxy groups -OCH3 is 1.